The van der Waals surface area contributed by atoms with Gasteiger partial charge in [-0.3, -0.25) is 14.5 Å². The summed E-state index contributed by atoms with van der Waals surface area (Å²) in [5.41, 5.74) is -0.774. The van der Waals surface area contributed by atoms with Gasteiger partial charge in [-0.25, -0.2) is 4.39 Å². The lowest BCUT2D eigenvalue weighted by molar-refractivity contribution is -0.138. The molecule has 0 saturated carbocycles. The fourth-order valence-corrected chi connectivity index (χ4v) is 5.35. The third-order valence-electron chi connectivity index (χ3n) is 7.86. The highest BCUT2D eigenvalue weighted by Gasteiger charge is 2.36. The second-order valence-electron chi connectivity index (χ2n) is 10.8. The summed E-state index contributed by atoms with van der Waals surface area (Å²) in [5.74, 6) is -1.58. The number of hydrogen-bond donors (Lipinski definition) is 2. The number of likely N-dealkylation sites (N-methyl/N-ethyl adjacent to an activating group) is 1. The van der Waals surface area contributed by atoms with Crippen LogP contribution in [0, 0.1) is 5.82 Å². The Balaban J connectivity index is 1.53. The van der Waals surface area contributed by atoms with Gasteiger partial charge in [-0.15, -0.1) is 0 Å². The van der Waals surface area contributed by atoms with Crippen molar-refractivity contribution in [3.05, 3.63) is 81.5 Å². The molecule has 2 aliphatic heterocycles. The smallest absolute Gasteiger partial charge is 0.379 e. The number of nitrogens with zero attached hydrogens (tertiary/aromatic N) is 3. The Bertz CT molecular complexity index is 1500. The molecule has 2 saturated heterocycles. The van der Waals surface area contributed by atoms with E-state index in [9.17, 15) is 22.8 Å². The molecule has 1 aromatic heterocycles. The maximum atomic E-state index is 15.8. The fourth-order valence-electron chi connectivity index (χ4n) is 5.35. The number of ether oxygens (including phenoxy) is 1. The first-order valence-corrected chi connectivity index (χ1v) is 13.8. The van der Waals surface area contributed by atoms with Gasteiger partial charge in [0.25, 0.3) is 5.91 Å². The molecule has 0 bridgehead atoms. The Hall–Kier alpha value is -3.74. The molecule has 0 spiro atoms. The monoisotopic (exact) mass is 587 g/mol. The molecule has 0 unspecified atom stereocenters. The molecule has 2 aromatic carbocycles. The molecule has 3 heterocycles. The predicted octanol–water partition coefficient (Wildman–Crippen LogP) is 4.42. The van der Waals surface area contributed by atoms with Crippen molar-refractivity contribution in [2.24, 2.45) is 0 Å². The van der Waals surface area contributed by atoms with Gasteiger partial charge in [0.1, 0.15) is 5.82 Å². The minimum Gasteiger partial charge on any atom is -0.379 e. The minimum atomic E-state index is -4.93. The molecule has 224 valence electrons. The Morgan fingerprint density at radius 1 is 1.10 bits per heavy atom. The normalized spacial score (nSPS) is 18.7. The van der Waals surface area contributed by atoms with E-state index in [1.165, 1.54) is 12.1 Å². The van der Waals surface area contributed by atoms with Crippen molar-refractivity contribution in [2.45, 2.75) is 25.7 Å². The van der Waals surface area contributed by atoms with Crippen molar-refractivity contribution >= 4 is 17.3 Å². The second-order valence-corrected chi connectivity index (χ2v) is 10.8. The number of alkyl halides is 3. The third-order valence-corrected chi connectivity index (χ3v) is 7.86. The minimum absolute atomic E-state index is 0.123. The largest absolute Gasteiger partial charge is 0.417 e. The first kappa shape index (κ1) is 29.7. The van der Waals surface area contributed by atoms with E-state index in [-0.39, 0.29) is 17.3 Å². The Morgan fingerprint density at radius 3 is 2.57 bits per heavy atom. The molecular weight excluding hydrogens is 554 g/mol. The predicted molar refractivity (Wildman–Crippen MR) is 152 cm³/mol. The number of carbonyl (C=O) groups is 1. The number of H-pyrrole nitrogens is 1. The van der Waals surface area contributed by atoms with Gasteiger partial charge in [0.05, 0.1) is 35.7 Å². The van der Waals surface area contributed by atoms with E-state index in [2.05, 4.69) is 20.1 Å². The first-order valence-electron chi connectivity index (χ1n) is 13.8. The number of pyridine rings is 1. The lowest BCUT2D eigenvalue weighted by Gasteiger charge is -2.39. The molecule has 0 aliphatic carbocycles. The molecule has 3 aromatic rings. The van der Waals surface area contributed by atoms with Gasteiger partial charge in [0.15, 0.2) is 0 Å². The second kappa shape index (κ2) is 12.2. The lowest BCUT2D eigenvalue weighted by Crippen LogP contribution is -2.50. The molecule has 12 heteroatoms. The Kier molecular flexibility index (Phi) is 8.67. The lowest BCUT2D eigenvalue weighted by atomic mass is 10.00. The van der Waals surface area contributed by atoms with E-state index >= 15 is 4.39 Å². The van der Waals surface area contributed by atoms with Crippen molar-refractivity contribution in [1.29, 1.82) is 0 Å². The van der Waals surface area contributed by atoms with Gasteiger partial charge in [-0.1, -0.05) is 18.2 Å². The summed E-state index contributed by atoms with van der Waals surface area (Å²) in [5, 5.41) is 2.59. The number of hydrogen-bond acceptors (Lipinski definition) is 6. The zero-order valence-corrected chi connectivity index (χ0v) is 23.4. The number of halogens is 4. The van der Waals surface area contributed by atoms with Crippen molar-refractivity contribution in [1.82, 2.24) is 14.8 Å². The summed E-state index contributed by atoms with van der Waals surface area (Å²) >= 11 is 0. The number of piperazine rings is 1. The van der Waals surface area contributed by atoms with Crippen molar-refractivity contribution in [2.75, 3.05) is 63.2 Å². The third kappa shape index (κ3) is 6.66. The zero-order chi connectivity index (χ0) is 30.0. The van der Waals surface area contributed by atoms with Crippen LogP contribution in [0.4, 0.5) is 28.9 Å². The van der Waals surface area contributed by atoms with Crippen LogP contribution in [0.2, 0.25) is 0 Å². The average Bonchev–Trinajstić information content (AvgIpc) is 2.95. The quantitative estimate of drug-likeness (QED) is 0.416. The number of nitrogens with one attached hydrogen (secondary N) is 2. The molecule has 2 fully saturated rings. The van der Waals surface area contributed by atoms with Crippen LogP contribution in [-0.4, -0.2) is 79.7 Å². The Morgan fingerprint density at radius 2 is 1.86 bits per heavy atom. The van der Waals surface area contributed by atoms with Crippen LogP contribution in [0.15, 0.2) is 53.5 Å². The first-order chi connectivity index (χ1) is 20.0. The molecule has 5 rings (SSSR count). The highest BCUT2D eigenvalue weighted by atomic mass is 19.4. The highest BCUT2D eigenvalue weighted by molar-refractivity contribution is 6.07. The fraction of sp³-hybridized carbons (Fsp3) is 0.400. The topological polar surface area (TPSA) is 80.9 Å². The van der Waals surface area contributed by atoms with Gasteiger partial charge >= 0.3 is 6.18 Å². The van der Waals surface area contributed by atoms with Gasteiger partial charge < -0.3 is 24.8 Å². The van der Waals surface area contributed by atoms with Gasteiger partial charge in [-0.05, 0) is 43.3 Å². The number of anilines is 2. The molecule has 2 aliphatic rings. The molecule has 8 nitrogen and oxygen atoms in total. The number of carbonyl (C=O) groups excluding carboxylic acids is 1. The van der Waals surface area contributed by atoms with Crippen LogP contribution >= 0.6 is 0 Å². The number of aromatic amines is 1. The van der Waals surface area contributed by atoms with Crippen molar-refractivity contribution in [3.63, 3.8) is 0 Å². The number of aromatic nitrogens is 1. The summed E-state index contributed by atoms with van der Waals surface area (Å²) in [6, 6.07) is 10.7. The molecule has 0 radical (unpaired) electrons. The zero-order valence-electron chi connectivity index (χ0n) is 23.4. The SMILES string of the molecule is C[C@@H]1CN(c2cc(F)c(-c3cccc(CN4CCOCC4)c3)cc2NC(=O)c2c[nH]c(=O)cc2C(F)(F)F)CCN1C. The summed E-state index contributed by atoms with van der Waals surface area (Å²) in [6.07, 6.45) is -4.18. The highest BCUT2D eigenvalue weighted by Crippen LogP contribution is 2.37. The number of benzene rings is 2. The molecule has 1 atom stereocenters. The maximum Gasteiger partial charge on any atom is 0.417 e. The number of amides is 1. The standard InChI is InChI=1S/C30H33F4N5O3/c1-19-17-39(7-6-37(19)2)27-15-25(31)22(21-5-3-4-20(12-21)18-38-8-10-42-11-9-38)13-26(27)36-29(41)23-16-35-28(40)14-24(23)30(32,33)34/h3-5,12-16,19H,6-11,17-18H2,1-2H3,(H,35,40)(H,36,41)/t19-/m1/s1. The van der Waals surface area contributed by atoms with Crippen LogP contribution in [0.25, 0.3) is 11.1 Å². The van der Waals surface area contributed by atoms with E-state index < -0.39 is 34.6 Å². The molecule has 1 amide bonds. The average molecular weight is 588 g/mol. The molecular formula is C30H33F4N5O3. The van der Waals surface area contributed by atoms with Crippen molar-refractivity contribution in [3.8, 4) is 11.1 Å². The van der Waals surface area contributed by atoms with E-state index in [0.29, 0.717) is 56.7 Å². The summed E-state index contributed by atoms with van der Waals surface area (Å²) in [7, 11) is 1.98. The summed E-state index contributed by atoms with van der Waals surface area (Å²) in [4.78, 5) is 33.4. The number of rotatable bonds is 6. The van der Waals surface area contributed by atoms with Crippen molar-refractivity contribution < 1.29 is 27.1 Å². The molecule has 42 heavy (non-hydrogen) atoms. The van der Waals surface area contributed by atoms with E-state index in [1.54, 1.807) is 6.07 Å². The van der Waals surface area contributed by atoms with Crippen LogP contribution in [0.3, 0.4) is 0 Å². The van der Waals surface area contributed by atoms with Gasteiger partial charge in [0, 0.05) is 63.1 Å². The van der Waals surface area contributed by atoms with E-state index in [0.717, 1.165) is 24.8 Å². The summed E-state index contributed by atoms with van der Waals surface area (Å²) in [6.45, 7) is 7.29. The Labute approximate surface area is 240 Å². The van der Waals surface area contributed by atoms with Crippen LogP contribution in [-0.2, 0) is 17.5 Å². The summed E-state index contributed by atoms with van der Waals surface area (Å²) < 4.78 is 62.4. The van der Waals surface area contributed by atoms with Crippen LogP contribution in [0.5, 0.6) is 0 Å². The maximum absolute atomic E-state index is 15.8. The van der Waals surface area contributed by atoms with Crippen LogP contribution < -0.4 is 15.8 Å². The van der Waals surface area contributed by atoms with Gasteiger partial charge in [-0.2, -0.15) is 13.2 Å². The molecule has 2 N–H and O–H groups in total. The number of morpholine rings is 1. The van der Waals surface area contributed by atoms with Gasteiger partial charge in [0.2, 0.25) is 5.56 Å². The van der Waals surface area contributed by atoms with Crippen LogP contribution in [0.1, 0.15) is 28.4 Å². The van der Waals surface area contributed by atoms with E-state index in [1.807, 2.05) is 37.1 Å². The van der Waals surface area contributed by atoms with E-state index in [4.69, 9.17) is 4.74 Å².